The number of fused-ring (bicyclic) bond motifs is 1. The smallest absolute Gasteiger partial charge is 0.335 e. The maximum Gasteiger partial charge on any atom is 0.362 e. The molecule has 5 nitrogen and oxygen atoms in total. The van der Waals surface area contributed by atoms with E-state index in [1.165, 1.54) is 11.1 Å². The van der Waals surface area contributed by atoms with Crippen LogP contribution in [-0.2, 0) is 20.5 Å². The van der Waals surface area contributed by atoms with E-state index in [-0.39, 0.29) is 10.8 Å². The third-order valence-electron chi connectivity index (χ3n) is 5.77. The molecule has 0 spiro atoms. The lowest BCUT2D eigenvalue weighted by Gasteiger charge is -2.42. The lowest BCUT2D eigenvalue weighted by atomic mass is 9.63. The number of amides is 1. The molecule has 0 aromatic heterocycles. The Morgan fingerprint density at radius 3 is 2.21 bits per heavy atom. The second-order valence-electron chi connectivity index (χ2n) is 8.77. The summed E-state index contributed by atoms with van der Waals surface area (Å²) in [5.74, 6) is -1.19. The molecule has 0 saturated carbocycles. The topological polar surface area (TPSA) is 81.4 Å². The summed E-state index contributed by atoms with van der Waals surface area (Å²) in [6.45, 7) is 8.93. The van der Waals surface area contributed by atoms with Crippen molar-refractivity contribution in [1.82, 2.24) is 5.48 Å². The number of benzene rings is 2. The Balaban J connectivity index is 1.75. The van der Waals surface area contributed by atoms with Gasteiger partial charge in [-0.25, -0.2) is 4.79 Å². The molecule has 1 aliphatic rings. The second kappa shape index (κ2) is 7.40. The predicted molar refractivity (Wildman–Crippen MR) is 109 cm³/mol. The van der Waals surface area contributed by atoms with Gasteiger partial charge in [0.25, 0.3) is 5.91 Å². The van der Waals surface area contributed by atoms with Crippen molar-refractivity contribution in [2.75, 3.05) is 0 Å². The van der Waals surface area contributed by atoms with Crippen LogP contribution in [0.5, 0.6) is 0 Å². The minimum Gasteiger partial charge on any atom is -0.335 e. The molecule has 0 fully saturated rings. The maximum atomic E-state index is 12.4. The van der Waals surface area contributed by atoms with E-state index in [2.05, 4.69) is 39.2 Å². The Hall–Kier alpha value is -2.66. The van der Waals surface area contributed by atoms with Gasteiger partial charge in [-0.1, -0.05) is 64.1 Å². The molecule has 5 heteroatoms. The minimum atomic E-state index is -0.922. The van der Waals surface area contributed by atoms with Crippen LogP contribution in [0.2, 0.25) is 0 Å². The van der Waals surface area contributed by atoms with Gasteiger partial charge in [0.15, 0.2) is 0 Å². The number of carbonyl (C=O) groups is 2. The Kier molecular flexibility index (Phi) is 5.31. The molecule has 2 aromatic rings. The monoisotopic (exact) mass is 380 g/mol. The van der Waals surface area contributed by atoms with Crippen molar-refractivity contribution in [3.63, 3.8) is 0 Å². The van der Waals surface area contributed by atoms with Gasteiger partial charge < -0.3 is 10.6 Å². The van der Waals surface area contributed by atoms with E-state index in [9.17, 15) is 9.59 Å². The molecule has 1 atom stereocenters. The Labute approximate surface area is 166 Å². The van der Waals surface area contributed by atoms with Crippen molar-refractivity contribution >= 4 is 11.9 Å². The summed E-state index contributed by atoms with van der Waals surface area (Å²) in [6.07, 6.45) is 2.20. The van der Waals surface area contributed by atoms with E-state index in [4.69, 9.17) is 10.6 Å². The summed E-state index contributed by atoms with van der Waals surface area (Å²) >= 11 is 0. The summed E-state index contributed by atoms with van der Waals surface area (Å²) in [7, 11) is 0. The zero-order chi connectivity index (χ0) is 20.5. The van der Waals surface area contributed by atoms with Crippen LogP contribution in [0.25, 0.3) is 0 Å². The van der Waals surface area contributed by atoms with Crippen LogP contribution in [-0.4, -0.2) is 11.9 Å². The van der Waals surface area contributed by atoms with Crippen molar-refractivity contribution in [2.24, 2.45) is 5.73 Å². The number of hydrogen-bond donors (Lipinski definition) is 2. The third kappa shape index (κ3) is 3.94. The van der Waals surface area contributed by atoms with E-state index in [0.717, 1.165) is 12.8 Å². The molecule has 1 aliphatic carbocycles. The normalized spacial score (nSPS) is 17.9. The van der Waals surface area contributed by atoms with Gasteiger partial charge in [0.2, 0.25) is 0 Å². The van der Waals surface area contributed by atoms with Gasteiger partial charge in [0, 0.05) is 0 Å². The van der Waals surface area contributed by atoms with Gasteiger partial charge in [0.05, 0.1) is 5.56 Å². The Morgan fingerprint density at radius 2 is 1.57 bits per heavy atom. The van der Waals surface area contributed by atoms with Crippen LogP contribution in [0, 0.1) is 0 Å². The van der Waals surface area contributed by atoms with E-state index in [1.807, 2.05) is 12.1 Å². The molecule has 3 rings (SSSR count). The summed E-state index contributed by atoms with van der Waals surface area (Å²) < 4.78 is 0. The van der Waals surface area contributed by atoms with Gasteiger partial charge in [0.1, 0.15) is 6.04 Å². The number of nitrogens with one attached hydrogen (secondary N) is 1. The number of carbonyl (C=O) groups excluding carboxylic acids is 2. The molecule has 0 radical (unpaired) electrons. The lowest BCUT2D eigenvalue weighted by molar-refractivity contribution is -0.131. The van der Waals surface area contributed by atoms with E-state index >= 15 is 0 Å². The fourth-order valence-electron chi connectivity index (χ4n) is 3.74. The first-order chi connectivity index (χ1) is 13.1. The highest BCUT2D eigenvalue weighted by atomic mass is 16.7. The summed E-state index contributed by atoms with van der Waals surface area (Å²) in [5.41, 5.74) is 12.0. The highest BCUT2D eigenvalue weighted by Gasteiger charge is 2.37. The molecule has 1 amide bonds. The molecule has 0 heterocycles. The van der Waals surface area contributed by atoms with Crippen molar-refractivity contribution in [3.05, 3.63) is 70.8 Å². The average Bonchev–Trinajstić information content (AvgIpc) is 2.69. The SMILES string of the molecule is CC1(C)CCC(C)(C)c2cc(C(N)C(=O)NOC(=O)c3ccccc3)ccc21. The van der Waals surface area contributed by atoms with Gasteiger partial charge in [-0.2, -0.15) is 5.48 Å². The fraction of sp³-hybridized carbons (Fsp3) is 0.391. The average molecular weight is 380 g/mol. The molecular formula is C23H28N2O3. The molecular weight excluding hydrogens is 352 g/mol. The molecule has 1 unspecified atom stereocenters. The quantitative estimate of drug-likeness (QED) is 0.791. The molecule has 0 saturated heterocycles. The standard InChI is InChI=1S/C23H28N2O3/c1-22(2)12-13-23(3,4)18-14-16(10-11-17(18)22)19(24)20(26)25-28-21(27)15-8-6-5-7-9-15/h5-11,14,19H,12-13,24H2,1-4H3,(H,25,26). The van der Waals surface area contributed by atoms with Crippen LogP contribution in [0.4, 0.5) is 0 Å². The van der Waals surface area contributed by atoms with E-state index < -0.39 is 17.9 Å². The van der Waals surface area contributed by atoms with Crippen molar-refractivity contribution in [1.29, 1.82) is 0 Å². The van der Waals surface area contributed by atoms with Crippen LogP contribution < -0.4 is 11.2 Å². The lowest BCUT2D eigenvalue weighted by Crippen LogP contribution is -2.37. The third-order valence-corrected chi connectivity index (χ3v) is 5.77. The molecule has 2 aromatic carbocycles. The highest BCUT2D eigenvalue weighted by molar-refractivity contribution is 5.91. The summed E-state index contributed by atoms with van der Waals surface area (Å²) in [4.78, 5) is 29.3. The van der Waals surface area contributed by atoms with Gasteiger partial charge >= 0.3 is 5.97 Å². The summed E-state index contributed by atoms with van der Waals surface area (Å²) in [5, 5.41) is 0. The fourth-order valence-corrected chi connectivity index (χ4v) is 3.74. The minimum absolute atomic E-state index is 0.0246. The summed E-state index contributed by atoms with van der Waals surface area (Å²) in [6, 6.07) is 13.5. The first-order valence-electron chi connectivity index (χ1n) is 9.58. The number of hydrogen-bond acceptors (Lipinski definition) is 4. The van der Waals surface area contributed by atoms with Crippen molar-refractivity contribution < 1.29 is 14.4 Å². The van der Waals surface area contributed by atoms with Gasteiger partial charge in [-0.15, -0.1) is 0 Å². The zero-order valence-electron chi connectivity index (χ0n) is 16.9. The van der Waals surface area contributed by atoms with Crippen LogP contribution >= 0.6 is 0 Å². The van der Waals surface area contributed by atoms with Crippen molar-refractivity contribution in [3.8, 4) is 0 Å². The zero-order valence-corrected chi connectivity index (χ0v) is 16.9. The largest absolute Gasteiger partial charge is 0.362 e. The van der Waals surface area contributed by atoms with Gasteiger partial charge in [-0.05, 0) is 52.5 Å². The van der Waals surface area contributed by atoms with Gasteiger partial charge in [-0.3, -0.25) is 4.79 Å². The predicted octanol–water partition coefficient (Wildman–Crippen LogP) is 3.92. The van der Waals surface area contributed by atoms with E-state index in [0.29, 0.717) is 11.1 Å². The Bertz CT molecular complexity index is 888. The first-order valence-corrected chi connectivity index (χ1v) is 9.58. The first kappa shape index (κ1) is 20.1. The van der Waals surface area contributed by atoms with E-state index in [1.54, 1.807) is 30.3 Å². The van der Waals surface area contributed by atoms with Crippen molar-refractivity contribution in [2.45, 2.75) is 57.4 Å². The van der Waals surface area contributed by atoms with Crippen LogP contribution in [0.3, 0.4) is 0 Å². The molecule has 0 aliphatic heterocycles. The second-order valence-corrected chi connectivity index (χ2v) is 8.77. The maximum absolute atomic E-state index is 12.4. The molecule has 3 N–H and O–H groups in total. The number of rotatable bonds is 3. The molecule has 0 bridgehead atoms. The van der Waals surface area contributed by atoms with Crippen LogP contribution in [0.1, 0.15) is 73.6 Å². The Morgan fingerprint density at radius 1 is 0.964 bits per heavy atom. The highest BCUT2D eigenvalue weighted by Crippen LogP contribution is 2.46. The molecule has 148 valence electrons. The number of hydroxylamine groups is 1. The number of nitrogens with two attached hydrogens (primary N) is 1. The molecule has 28 heavy (non-hydrogen) atoms. The van der Waals surface area contributed by atoms with Crippen LogP contribution in [0.15, 0.2) is 48.5 Å².